The Morgan fingerprint density at radius 1 is 1.26 bits per heavy atom. The largest absolute Gasteiger partial charge is 0.496 e. The first kappa shape index (κ1) is 12.0. The minimum absolute atomic E-state index is 0.0265. The Hall–Kier alpha value is -2.10. The first-order valence-electron chi connectivity index (χ1n) is 6.52. The predicted octanol–water partition coefficient (Wildman–Crippen LogP) is 2.48. The molecule has 1 aromatic carbocycles. The van der Waals surface area contributed by atoms with Crippen LogP contribution in [0.1, 0.15) is 23.2 Å². The zero-order valence-electron chi connectivity index (χ0n) is 10.9. The number of carbonyl (C=O) groups excluding carboxylic acids is 1. The van der Waals surface area contributed by atoms with Crippen LogP contribution < -0.4 is 4.74 Å². The van der Waals surface area contributed by atoms with Crippen LogP contribution in [0, 0.1) is 0 Å². The van der Waals surface area contributed by atoms with E-state index in [0.717, 1.165) is 36.8 Å². The average molecular weight is 256 g/mol. The van der Waals surface area contributed by atoms with Crippen LogP contribution in [-0.2, 0) is 0 Å². The number of ether oxygens (including phenoxy) is 1. The summed E-state index contributed by atoms with van der Waals surface area (Å²) in [6, 6.07) is 7.61. The third-order valence-corrected chi connectivity index (χ3v) is 3.56. The van der Waals surface area contributed by atoms with Crippen LogP contribution in [0.15, 0.2) is 30.5 Å². The molecule has 3 rings (SSSR count). The standard InChI is InChI=1S/C15H16N2O2/c1-19-12-7-6-11-5-4-8-16-14(11)13(12)15(18)17-9-2-3-10-17/h4-8H,2-3,9-10H2,1H3. The predicted molar refractivity (Wildman–Crippen MR) is 73.4 cm³/mol. The highest BCUT2D eigenvalue weighted by Crippen LogP contribution is 2.28. The lowest BCUT2D eigenvalue weighted by Gasteiger charge is -2.18. The van der Waals surface area contributed by atoms with Crippen LogP contribution >= 0.6 is 0 Å². The van der Waals surface area contributed by atoms with E-state index in [0.29, 0.717) is 11.3 Å². The zero-order chi connectivity index (χ0) is 13.2. The number of carbonyl (C=O) groups is 1. The van der Waals surface area contributed by atoms with Crippen molar-refractivity contribution in [1.29, 1.82) is 0 Å². The number of likely N-dealkylation sites (tertiary alicyclic amines) is 1. The summed E-state index contributed by atoms with van der Waals surface area (Å²) in [6.45, 7) is 1.65. The molecular formula is C15H16N2O2. The zero-order valence-corrected chi connectivity index (χ0v) is 10.9. The van der Waals surface area contributed by atoms with Crippen molar-refractivity contribution in [2.24, 2.45) is 0 Å². The fourth-order valence-electron chi connectivity index (χ4n) is 2.58. The van der Waals surface area contributed by atoms with E-state index in [4.69, 9.17) is 4.74 Å². The highest BCUT2D eigenvalue weighted by atomic mass is 16.5. The molecule has 2 aromatic rings. The summed E-state index contributed by atoms with van der Waals surface area (Å²) in [5.74, 6) is 0.627. The number of fused-ring (bicyclic) bond motifs is 1. The van der Waals surface area contributed by atoms with Gasteiger partial charge in [-0.15, -0.1) is 0 Å². The monoisotopic (exact) mass is 256 g/mol. The highest BCUT2D eigenvalue weighted by molar-refractivity contribution is 6.08. The minimum atomic E-state index is 0.0265. The molecule has 1 aliphatic rings. The number of amides is 1. The van der Waals surface area contributed by atoms with E-state index in [1.807, 2.05) is 29.2 Å². The van der Waals surface area contributed by atoms with Crippen LogP contribution in [-0.4, -0.2) is 36.0 Å². The lowest BCUT2D eigenvalue weighted by Crippen LogP contribution is -2.28. The van der Waals surface area contributed by atoms with Crippen molar-refractivity contribution in [1.82, 2.24) is 9.88 Å². The first-order valence-corrected chi connectivity index (χ1v) is 6.52. The molecule has 0 spiro atoms. The Balaban J connectivity index is 2.16. The minimum Gasteiger partial charge on any atom is -0.496 e. The molecule has 1 aromatic heterocycles. The third-order valence-electron chi connectivity index (χ3n) is 3.56. The van der Waals surface area contributed by atoms with Gasteiger partial charge in [-0.25, -0.2) is 0 Å². The van der Waals surface area contributed by atoms with Crippen LogP contribution in [0.4, 0.5) is 0 Å². The van der Waals surface area contributed by atoms with Gasteiger partial charge < -0.3 is 9.64 Å². The summed E-state index contributed by atoms with van der Waals surface area (Å²) in [5.41, 5.74) is 1.31. The van der Waals surface area contributed by atoms with E-state index in [-0.39, 0.29) is 5.91 Å². The van der Waals surface area contributed by atoms with E-state index < -0.39 is 0 Å². The van der Waals surface area contributed by atoms with Gasteiger partial charge in [-0.3, -0.25) is 9.78 Å². The van der Waals surface area contributed by atoms with Gasteiger partial charge in [0.15, 0.2) is 0 Å². The highest BCUT2D eigenvalue weighted by Gasteiger charge is 2.24. The van der Waals surface area contributed by atoms with Crippen molar-refractivity contribution in [3.05, 3.63) is 36.0 Å². The summed E-state index contributed by atoms with van der Waals surface area (Å²) in [5, 5.41) is 0.964. The number of hydrogen-bond donors (Lipinski definition) is 0. The van der Waals surface area contributed by atoms with Crippen molar-refractivity contribution in [3.8, 4) is 5.75 Å². The van der Waals surface area contributed by atoms with E-state index >= 15 is 0 Å². The molecular weight excluding hydrogens is 240 g/mol. The van der Waals surface area contributed by atoms with Gasteiger partial charge in [-0.2, -0.15) is 0 Å². The van der Waals surface area contributed by atoms with Gasteiger partial charge >= 0.3 is 0 Å². The Kier molecular flexibility index (Phi) is 3.07. The molecule has 4 heteroatoms. The average Bonchev–Trinajstić information content (AvgIpc) is 2.99. The van der Waals surface area contributed by atoms with Crippen molar-refractivity contribution in [3.63, 3.8) is 0 Å². The second kappa shape index (κ2) is 4.88. The molecule has 0 bridgehead atoms. The fourth-order valence-corrected chi connectivity index (χ4v) is 2.58. The second-order valence-corrected chi connectivity index (χ2v) is 4.72. The molecule has 98 valence electrons. The third kappa shape index (κ3) is 2.03. The Labute approximate surface area is 112 Å². The fraction of sp³-hybridized carbons (Fsp3) is 0.333. The summed E-state index contributed by atoms with van der Waals surface area (Å²) in [6.07, 6.45) is 3.86. The molecule has 0 radical (unpaired) electrons. The number of nitrogens with zero attached hydrogens (tertiary/aromatic N) is 2. The number of rotatable bonds is 2. The van der Waals surface area contributed by atoms with Gasteiger partial charge in [-0.1, -0.05) is 6.07 Å². The molecule has 19 heavy (non-hydrogen) atoms. The maximum Gasteiger partial charge on any atom is 0.259 e. The van der Waals surface area contributed by atoms with E-state index in [1.54, 1.807) is 13.3 Å². The number of methoxy groups -OCH3 is 1. The van der Waals surface area contributed by atoms with Crippen molar-refractivity contribution >= 4 is 16.8 Å². The molecule has 0 saturated carbocycles. The number of benzene rings is 1. The van der Waals surface area contributed by atoms with Crippen LogP contribution in [0.5, 0.6) is 5.75 Å². The maximum absolute atomic E-state index is 12.6. The van der Waals surface area contributed by atoms with Gasteiger partial charge in [0.1, 0.15) is 11.3 Å². The normalized spacial score (nSPS) is 14.9. The number of hydrogen-bond acceptors (Lipinski definition) is 3. The Bertz CT molecular complexity index is 619. The van der Waals surface area contributed by atoms with E-state index in [1.165, 1.54) is 0 Å². The summed E-state index contributed by atoms with van der Waals surface area (Å²) < 4.78 is 5.35. The molecule has 0 aliphatic carbocycles. The van der Waals surface area contributed by atoms with Crippen LogP contribution in [0.2, 0.25) is 0 Å². The topological polar surface area (TPSA) is 42.4 Å². The number of pyridine rings is 1. The second-order valence-electron chi connectivity index (χ2n) is 4.72. The maximum atomic E-state index is 12.6. The lowest BCUT2D eigenvalue weighted by atomic mass is 10.1. The SMILES string of the molecule is COc1ccc2cccnc2c1C(=O)N1CCCC1. The summed E-state index contributed by atoms with van der Waals surface area (Å²) in [4.78, 5) is 18.9. The molecule has 0 atom stereocenters. The smallest absolute Gasteiger partial charge is 0.259 e. The molecule has 1 aliphatic heterocycles. The van der Waals surface area contributed by atoms with Crippen molar-refractivity contribution in [2.75, 3.05) is 20.2 Å². The van der Waals surface area contributed by atoms with Gasteiger partial charge in [0.25, 0.3) is 5.91 Å². The van der Waals surface area contributed by atoms with Crippen molar-refractivity contribution < 1.29 is 9.53 Å². The van der Waals surface area contributed by atoms with E-state index in [2.05, 4.69) is 4.98 Å². The lowest BCUT2D eigenvalue weighted by molar-refractivity contribution is 0.0791. The molecule has 0 unspecified atom stereocenters. The first-order chi connectivity index (χ1) is 9.31. The molecule has 1 saturated heterocycles. The van der Waals surface area contributed by atoms with Gasteiger partial charge in [0.2, 0.25) is 0 Å². The Morgan fingerprint density at radius 2 is 2.05 bits per heavy atom. The number of aromatic nitrogens is 1. The quantitative estimate of drug-likeness (QED) is 0.829. The molecule has 0 N–H and O–H groups in total. The van der Waals surface area contributed by atoms with Gasteiger partial charge in [0.05, 0.1) is 12.6 Å². The summed E-state index contributed by atoms with van der Waals surface area (Å²) >= 11 is 0. The molecule has 2 heterocycles. The van der Waals surface area contributed by atoms with Gasteiger partial charge in [0, 0.05) is 24.7 Å². The van der Waals surface area contributed by atoms with Crippen LogP contribution in [0.3, 0.4) is 0 Å². The van der Waals surface area contributed by atoms with E-state index in [9.17, 15) is 4.79 Å². The molecule has 4 nitrogen and oxygen atoms in total. The Morgan fingerprint density at radius 3 is 2.79 bits per heavy atom. The molecule has 1 fully saturated rings. The van der Waals surface area contributed by atoms with Crippen molar-refractivity contribution in [2.45, 2.75) is 12.8 Å². The summed E-state index contributed by atoms with van der Waals surface area (Å²) in [7, 11) is 1.59. The molecule has 1 amide bonds. The van der Waals surface area contributed by atoms with Gasteiger partial charge in [-0.05, 0) is 31.0 Å². The van der Waals surface area contributed by atoms with Crippen LogP contribution in [0.25, 0.3) is 10.9 Å².